The second-order valence-corrected chi connectivity index (χ2v) is 8.44. The van der Waals surface area contributed by atoms with E-state index in [0.29, 0.717) is 43.0 Å². The molecule has 2 aliphatic rings. The van der Waals surface area contributed by atoms with Gasteiger partial charge in [-0.2, -0.15) is 0 Å². The van der Waals surface area contributed by atoms with Gasteiger partial charge in [0.15, 0.2) is 0 Å². The molecule has 1 aliphatic carbocycles. The molecule has 0 bridgehead atoms. The van der Waals surface area contributed by atoms with Gasteiger partial charge >= 0.3 is 0 Å². The van der Waals surface area contributed by atoms with Crippen LogP contribution in [-0.2, 0) is 9.59 Å². The zero-order valence-corrected chi connectivity index (χ0v) is 17.8. The highest BCUT2D eigenvalue weighted by molar-refractivity contribution is 5.89. The van der Waals surface area contributed by atoms with Crippen molar-refractivity contribution in [2.45, 2.75) is 44.9 Å². The van der Waals surface area contributed by atoms with Crippen LogP contribution in [0, 0.1) is 18.8 Å². The minimum atomic E-state index is -0.259. The summed E-state index contributed by atoms with van der Waals surface area (Å²) in [5, 5.41) is 11.4. The van der Waals surface area contributed by atoms with Crippen molar-refractivity contribution in [3.8, 4) is 11.6 Å². The Balaban J connectivity index is 1.23. The smallest absolute Gasteiger partial charge is 0.267 e. The van der Waals surface area contributed by atoms with E-state index in [4.69, 9.17) is 4.42 Å². The minimum absolute atomic E-state index is 0.0242. The highest BCUT2D eigenvalue weighted by Crippen LogP contribution is 2.35. The maximum atomic E-state index is 12.5. The van der Waals surface area contributed by atoms with Gasteiger partial charge in [-0.25, -0.2) is 4.98 Å². The summed E-state index contributed by atoms with van der Waals surface area (Å²) in [6, 6.07) is 0. The molecular formula is C22H28N6O3. The van der Waals surface area contributed by atoms with Crippen LogP contribution in [-0.4, -0.2) is 56.5 Å². The molecule has 1 atom stereocenters. The van der Waals surface area contributed by atoms with E-state index in [-0.39, 0.29) is 30.1 Å². The van der Waals surface area contributed by atoms with E-state index in [9.17, 15) is 9.59 Å². The Morgan fingerprint density at radius 1 is 1.26 bits per heavy atom. The second kappa shape index (κ2) is 9.36. The van der Waals surface area contributed by atoms with Gasteiger partial charge in [-0.05, 0) is 38.5 Å². The molecule has 1 N–H and O–H groups in total. The molecule has 9 heteroatoms. The van der Waals surface area contributed by atoms with Gasteiger partial charge in [0, 0.05) is 38.2 Å². The quantitative estimate of drug-likeness (QED) is 0.678. The van der Waals surface area contributed by atoms with Gasteiger partial charge in [0.2, 0.25) is 17.7 Å². The number of hydrogen-bond donors (Lipinski definition) is 1. The molecule has 31 heavy (non-hydrogen) atoms. The van der Waals surface area contributed by atoms with E-state index < -0.39 is 0 Å². The molecule has 4 rings (SSSR count). The molecule has 0 unspecified atom stereocenters. The first-order valence-corrected chi connectivity index (χ1v) is 10.8. The topological polar surface area (TPSA) is 114 Å². The third kappa shape index (κ3) is 4.98. The normalized spacial score (nSPS) is 23.7. The zero-order chi connectivity index (χ0) is 21.8. The van der Waals surface area contributed by atoms with Crippen LogP contribution in [0.2, 0.25) is 0 Å². The summed E-state index contributed by atoms with van der Waals surface area (Å²) >= 11 is 0. The lowest BCUT2D eigenvalue weighted by molar-refractivity contribution is -0.128. The lowest BCUT2D eigenvalue weighted by Gasteiger charge is -2.27. The number of amides is 2. The Labute approximate surface area is 181 Å². The number of nitrogens with one attached hydrogen (secondary N) is 1. The van der Waals surface area contributed by atoms with Gasteiger partial charge < -0.3 is 14.6 Å². The van der Waals surface area contributed by atoms with Gasteiger partial charge in [-0.3, -0.25) is 14.6 Å². The Morgan fingerprint density at radius 3 is 2.77 bits per heavy atom. The third-order valence-corrected chi connectivity index (χ3v) is 6.14. The summed E-state index contributed by atoms with van der Waals surface area (Å²) in [5.41, 5.74) is 1.42. The van der Waals surface area contributed by atoms with Crippen LogP contribution in [0.4, 0.5) is 0 Å². The first-order valence-electron chi connectivity index (χ1n) is 10.8. The third-order valence-electron chi connectivity index (χ3n) is 6.14. The van der Waals surface area contributed by atoms with E-state index in [1.54, 1.807) is 23.4 Å². The molecule has 9 nitrogen and oxygen atoms in total. The van der Waals surface area contributed by atoms with Crippen LogP contribution in [0.3, 0.4) is 0 Å². The van der Waals surface area contributed by atoms with Gasteiger partial charge in [-0.15, -0.1) is 16.8 Å². The Morgan fingerprint density at radius 2 is 2.06 bits per heavy atom. The molecule has 1 saturated carbocycles. The summed E-state index contributed by atoms with van der Waals surface area (Å²) in [7, 11) is 0. The highest BCUT2D eigenvalue weighted by atomic mass is 16.4. The van der Waals surface area contributed by atoms with Crippen molar-refractivity contribution >= 4 is 11.8 Å². The zero-order valence-electron chi connectivity index (χ0n) is 17.8. The van der Waals surface area contributed by atoms with Crippen molar-refractivity contribution in [2.24, 2.45) is 11.8 Å². The molecule has 0 spiro atoms. The number of nitrogens with zero attached hydrogens (tertiary/aromatic N) is 5. The van der Waals surface area contributed by atoms with E-state index in [1.807, 2.05) is 6.92 Å². The fraction of sp³-hybridized carbons (Fsp3) is 0.545. The summed E-state index contributed by atoms with van der Waals surface area (Å²) in [6.07, 6.45) is 9.15. The van der Waals surface area contributed by atoms with Crippen LogP contribution in [0.1, 0.15) is 49.6 Å². The molecule has 0 aromatic carbocycles. The number of rotatable bonds is 7. The number of likely N-dealkylation sites (tertiary alicyclic amines) is 1. The molecule has 1 saturated heterocycles. The average Bonchev–Trinajstić information content (AvgIpc) is 3.41. The van der Waals surface area contributed by atoms with Crippen molar-refractivity contribution in [3.63, 3.8) is 0 Å². The van der Waals surface area contributed by atoms with E-state index in [1.165, 1.54) is 0 Å². The number of hydrogen-bond acceptors (Lipinski definition) is 7. The Kier molecular flexibility index (Phi) is 6.39. The number of aryl methyl sites for hydroxylation is 1. The largest absolute Gasteiger partial charge is 0.419 e. The van der Waals surface area contributed by atoms with Gasteiger partial charge in [0.25, 0.3) is 5.89 Å². The first-order chi connectivity index (χ1) is 15.0. The van der Waals surface area contributed by atoms with Crippen molar-refractivity contribution < 1.29 is 14.0 Å². The maximum Gasteiger partial charge on any atom is 0.267 e. The van der Waals surface area contributed by atoms with Gasteiger partial charge in [0.1, 0.15) is 5.69 Å². The van der Waals surface area contributed by atoms with Crippen molar-refractivity contribution in [2.75, 3.05) is 19.6 Å². The number of aromatic nitrogens is 4. The van der Waals surface area contributed by atoms with Crippen LogP contribution in [0.15, 0.2) is 29.5 Å². The monoisotopic (exact) mass is 424 g/mol. The summed E-state index contributed by atoms with van der Waals surface area (Å²) in [4.78, 5) is 34.6. The minimum Gasteiger partial charge on any atom is -0.419 e. The predicted octanol–water partition coefficient (Wildman–Crippen LogP) is 2.26. The molecule has 1 aliphatic heterocycles. The van der Waals surface area contributed by atoms with Crippen LogP contribution < -0.4 is 5.32 Å². The average molecular weight is 425 g/mol. The van der Waals surface area contributed by atoms with Gasteiger partial charge in [0.05, 0.1) is 17.8 Å². The lowest BCUT2D eigenvalue weighted by atomic mass is 9.82. The highest BCUT2D eigenvalue weighted by Gasteiger charge is 2.34. The van der Waals surface area contributed by atoms with E-state index >= 15 is 0 Å². The van der Waals surface area contributed by atoms with Crippen molar-refractivity contribution in [3.05, 3.63) is 36.6 Å². The molecule has 2 aromatic rings. The van der Waals surface area contributed by atoms with Crippen LogP contribution in [0.5, 0.6) is 0 Å². The lowest BCUT2D eigenvalue weighted by Crippen LogP contribution is -2.36. The van der Waals surface area contributed by atoms with E-state index in [2.05, 4.69) is 32.1 Å². The maximum absolute atomic E-state index is 12.5. The predicted molar refractivity (Wildman–Crippen MR) is 113 cm³/mol. The molecule has 2 aromatic heterocycles. The fourth-order valence-corrected chi connectivity index (χ4v) is 4.29. The van der Waals surface area contributed by atoms with Crippen molar-refractivity contribution in [1.29, 1.82) is 0 Å². The van der Waals surface area contributed by atoms with Gasteiger partial charge in [-0.1, -0.05) is 6.08 Å². The summed E-state index contributed by atoms with van der Waals surface area (Å²) < 4.78 is 5.85. The molecule has 164 valence electrons. The molecule has 3 heterocycles. The molecular weight excluding hydrogens is 396 g/mol. The SMILES string of the molecule is C=CCN1C[C@H](C(=O)NCC2CCC(c3nnc(-c4cnc(C)cn4)o3)CC2)CC1=O. The van der Waals surface area contributed by atoms with Crippen molar-refractivity contribution in [1.82, 2.24) is 30.4 Å². The standard InChI is InChI=1S/C22H28N6O3/c1-3-8-28-13-17(9-19(28)29)20(30)25-11-15-4-6-16(7-5-15)21-26-27-22(31-21)18-12-23-14(2)10-24-18/h3,10,12,15-17H,1,4-9,11,13H2,2H3,(H,25,30)/t15?,16?,17-/m1/s1. The van der Waals surface area contributed by atoms with Crippen LogP contribution >= 0.6 is 0 Å². The number of carbonyl (C=O) groups excluding carboxylic acids is 2. The Bertz CT molecular complexity index is 933. The van der Waals surface area contributed by atoms with E-state index in [0.717, 1.165) is 31.4 Å². The summed E-state index contributed by atoms with van der Waals surface area (Å²) in [5.74, 6) is 1.43. The molecule has 2 fully saturated rings. The Hall–Kier alpha value is -3.10. The fourth-order valence-electron chi connectivity index (χ4n) is 4.29. The van der Waals surface area contributed by atoms with Crippen LogP contribution in [0.25, 0.3) is 11.6 Å². The molecule has 2 amide bonds. The second-order valence-electron chi connectivity index (χ2n) is 8.44. The molecule has 0 radical (unpaired) electrons. The first kappa shape index (κ1) is 21.1. The summed E-state index contributed by atoms with van der Waals surface area (Å²) in [6.45, 7) is 7.16. The number of carbonyl (C=O) groups is 2.